The zero-order chi connectivity index (χ0) is 11.1. The van der Waals surface area contributed by atoms with E-state index in [4.69, 9.17) is 0 Å². The quantitative estimate of drug-likeness (QED) is 0.749. The molecule has 0 aliphatic heterocycles. The summed E-state index contributed by atoms with van der Waals surface area (Å²) in [6.45, 7) is 5.18. The predicted octanol–water partition coefficient (Wildman–Crippen LogP) is 3.23. The van der Waals surface area contributed by atoms with Crippen LogP contribution in [-0.2, 0) is 0 Å². The Balaban J connectivity index is 2.36. The summed E-state index contributed by atoms with van der Waals surface area (Å²) in [6.07, 6.45) is 0. The van der Waals surface area contributed by atoms with Crippen LogP contribution in [0, 0.1) is 5.82 Å². The topological polar surface area (TPSA) is 12.0 Å². The highest BCUT2D eigenvalue weighted by atomic mass is 32.2. The van der Waals surface area contributed by atoms with Crippen LogP contribution in [0.5, 0.6) is 0 Å². The minimum absolute atomic E-state index is 0.163. The molecule has 0 radical (unpaired) electrons. The molecule has 0 amide bonds. The van der Waals surface area contributed by atoms with Gasteiger partial charge in [-0.3, -0.25) is 0 Å². The van der Waals surface area contributed by atoms with E-state index in [0.717, 1.165) is 23.6 Å². The fourth-order valence-corrected chi connectivity index (χ4v) is 1.94. The zero-order valence-electron chi connectivity index (χ0n) is 9.29. The Morgan fingerprint density at radius 3 is 2.93 bits per heavy atom. The largest absolute Gasteiger partial charge is 0.309 e. The number of benzene rings is 1. The van der Waals surface area contributed by atoms with E-state index in [0.29, 0.717) is 0 Å². The van der Waals surface area contributed by atoms with Gasteiger partial charge in [0.2, 0.25) is 0 Å². The van der Waals surface area contributed by atoms with Gasteiger partial charge in [0.1, 0.15) is 5.82 Å². The molecule has 1 nitrogen and oxygen atoms in total. The molecule has 1 rings (SSSR count). The number of hydrogen-bond acceptors (Lipinski definition) is 2. The van der Waals surface area contributed by atoms with Gasteiger partial charge in [-0.15, -0.1) is 0 Å². The molecule has 1 aromatic carbocycles. The first kappa shape index (κ1) is 12.5. The van der Waals surface area contributed by atoms with Crippen LogP contribution >= 0.6 is 11.8 Å². The summed E-state index contributed by atoms with van der Waals surface area (Å²) in [5.41, 5.74) is 1.01. The zero-order valence-corrected chi connectivity index (χ0v) is 10.1. The summed E-state index contributed by atoms with van der Waals surface area (Å²) < 4.78 is 12.9. The molecule has 1 unspecified atom stereocenters. The van der Waals surface area contributed by atoms with Gasteiger partial charge in [-0.05, 0) is 30.4 Å². The van der Waals surface area contributed by atoms with Crippen molar-refractivity contribution in [3.05, 3.63) is 35.6 Å². The molecule has 1 atom stereocenters. The smallest absolute Gasteiger partial charge is 0.123 e. The van der Waals surface area contributed by atoms with Crippen LogP contribution < -0.4 is 5.32 Å². The second-order valence-corrected chi connectivity index (χ2v) is 4.82. The van der Waals surface area contributed by atoms with Gasteiger partial charge in [0, 0.05) is 18.3 Å². The lowest BCUT2D eigenvalue weighted by Crippen LogP contribution is -2.21. The average Bonchev–Trinajstić information content (AvgIpc) is 2.24. The minimum Gasteiger partial charge on any atom is -0.309 e. The number of nitrogens with one attached hydrogen (secondary N) is 1. The molecular formula is C12H18FNS. The first-order chi connectivity index (χ1) is 7.24. The van der Waals surface area contributed by atoms with Crippen LogP contribution in [-0.4, -0.2) is 18.1 Å². The molecule has 0 aliphatic carbocycles. The van der Waals surface area contributed by atoms with Crippen molar-refractivity contribution < 1.29 is 4.39 Å². The molecule has 0 bridgehead atoms. The average molecular weight is 227 g/mol. The predicted molar refractivity (Wildman–Crippen MR) is 65.8 cm³/mol. The monoisotopic (exact) mass is 227 g/mol. The Morgan fingerprint density at radius 2 is 2.27 bits per heavy atom. The van der Waals surface area contributed by atoms with E-state index in [9.17, 15) is 4.39 Å². The summed E-state index contributed by atoms with van der Waals surface area (Å²) in [4.78, 5) is 0. The fourth-order valence-electron chi connectivity index (χ4n) is 1.39. The van der Waals surface area contributed by atoms with E-state index in [2.05, 4.69) is 19.2 Å². The molecular weight excluding hydrogens is 209 g/mol. The van der Waals surface area contributed by atoms with Gasteiger partial charge in [-0.2, -0.15) is 11.8 Å². The molecule has 3 heteroatoms. The van der Waals surface area contributed by atoms with E-state index in [1.807, 2.05) is 17.8 Å². The number of halogens is 1. The summed E-state index contributed by atoms with van der Waals surface area (Å²) in [6, 6.07) is 6.99. The van der Waals surface area contributed by atoms with Crippen LogP contribution in [0.4, 0.5) is 4.39 Å². The number of hydrogen-bond donors (Lipinski definition) is 1. The molecule has 0 saturated heterocycles. The molecule has 84 valence electrons. The SMILES string of the molecule is CCSCCNC(C)c1cccc(F)c1. The van der Waals surface area contributed by atoms with Gasteiger partial charge in [-0.25, -0.2) is 4.39 Å². The molecule has 0 saturated carbocycles. The van der Waals surface area contributed by atoms with Gasteiger partial charge in [0.05, 0.1) is 0 Å². The van der Waals surface area contributed by atoms with Crippen LogP contribution in [0.3, 0.4) is 0 Å². The van der Waals surface area contributed by atoms with Crippen molar-refractivity contribution in [3.8, 4) is 0 Å². The maximum atomic E-state index is 12.9. The number of rotatable bonds is 6. The fraction of sp³-hybridized carbons (Fsp3) is 0.500. The maximum absolute atomic E-state index is 12.9. The van der Waals surface area contributed by atoms with Crippen molar-refractivity contribution in [2.45, 2.75) is 19.9 Å². The highest BCUT2D eigenvalue weighted by molar-refractivity contribution is 7.99. The van der Waals surface area contributed by atoms with Gasteiger partial charge < -0.3 is 5.32 Å². The minimum atomic E-state index is -0.163. The molecule has 0 aromatic heterocycles. The number of thioether (sulfide) groups is 1. The van der Waals surface area contributed by atoms with Crippen molar-refractivity contribution in [2.24, 2.45) is 0 Å². The third kappa shape index (κ3) is 4.67. The van der Waals surface area contributed by atoms with Crippen molar-refractivity contribution in [2.75, 3.05) is 18.1 Å². The van der Waals surface area contributed by atoms with E-state index < -0.39 is 0 Å². The van der Waals surface area contributed by atoms with Crippen molar-refractivity contribution in [1.29, 1.82) is 0 Å². The van der Waals surface area contributed by atoms with Crippen LogP contribution in [0.25, 0.3) is 0 Å². The first-order valence-corrected chi connectivity index (χ1v) is 6.46. The van der Waals surface area contributed by atoms with Crippen molar-refractivity contribution in [3.63, 3.8) is 0 Å². The molecule has 1 aromatic rings. The third-order valence-corrected chi connectivity index (χ3v) is 3.15. The summed E-state index contributed by atoms with van der Waals surface area (Å²) >= 11 is 1.91. The lowest BCUT2D eigenvalue weighted by molar-refractivity contribution is 0.585. The van der Waals surface area contributed by atoms with E-state index in [1.165, 1.54) is 6.07 Å². The van der Waals surface area contributed by atoms with Crippen LogP contribution in [0.1, 0.15) is 25.5 Å². The Labute approximate surface area is 95.5 Å². The second kappa shape index (κ2) is 6.85. The van der Waals surface area contributed by atoms with E-state index in [-0.39, 0.29) is 11.9 Å². The van der Waals surface area contributed by atoms with Crippen molar-refractivity contribution in [1.82, 2.24) is 5.32 Å². The van der Waals surface area contributed by atoms with E-state index >= 15 is 0 Å². The lowest BCUT2D eigenvalue weighted by atomic mass is 10.1. The van der Waals surface area contributed by atoms with Gasteiger partial charge in [-0.1, -0.05) is 19.1 Å². The Morgan fingerprint density at radius 1 is 1.47 bits per heavy atom. The lowest BCUT2D eigenvalue weighted by Gasteiger charge is -2.13. The first-order valence-electron chi connectivity index (χ1n) is 5.30. The molecule has 15 heavy (non-hydrogen) atoms. The Bertz CT molecular complexity index is 291. The molecule has 0 aliphatic rings. The molecule has 0 heterocycles. The Hall–Kier alpha value is -0.540. The van der Waals surface area contributed by atoms with Crippen LogP contribution in [0.15, 0.2) is 24.3 Å². The summed E-state index contributed by atoms with van der Waals surface area (Å²) in [7, 11) is 0. The van der Waals surface area contributed by atoms with Gasteiger partial charge in [0.25, 0.3) is 0 Å². The summed E-state index contributed by atoms with van der Waals surface area (Å²) in [5.74, 6) is 2.09. The van der Waals surface area contributed by atoms with Gasteiger partial charge >= 0.3 is 0 Å². The molecule has 1 N–H and O–H groups in total. The molecule has 0 fully saturated rings. The van der Waals surface area contributed by atoms with Crippen molar-refractivity contribution >= 4 is 11.8 Å². The second-order valence-electron chi connectivity index (χ2n) is 3.43. The standard InChI is InChI=1S/C12H18FNS/c1-3-15-8-7-14-10(2)11-5-4-6-12(13)9-11/h4-6,9-10,14H,3,7-8H2,1-2H3. The van der Waals surface area contributed by atoms with E-state index in [1.54, 1.807) is 12.1 Å². The highest BCUT2D eigenvalue weighted by Gasteiger charge is 2.04. The van der Waals surface area contributed by atoms with Crippen LogP contribution in [0.2, 0.25) is 0 Å². The summed E-state index contributed by atoms with van der Waals surface area (Å²) in [5, 5.41) is 3.37. The molecule has 0 spiro atoms. The Kier molecular flexibility index (Phi) is 5.73. The maximum Gasteiger partial charge on any atom is 0.123 e. The normalized spacial score (nSPS) is 12.7. The highest BCUT2D eigenvalue weighted by Crippen LogP contribution is 2.13. The van der Waals surface area contributed by atoms with Gasteiger partial charge in [0.15, 0.2) is 0 Å². The third-order valence-electron chi connectivity index (χ3n) is 2.25.